The van der Waals surface area contributed by atoms with Crippen molar-refractivity contribution in [1.29, 1.82) is 0 Å². The summed E-state index contributed by atoms with van der Waals surface area (Å²) >= 11 is 0. The predicted octanol–water partition coefficient (Wildman–Crippen LogP) is 4.19. The maximum Gasteiger partial charge on any atom is 0.342 e. The van der Waals surface area contributed by atoms with Gasteiger partial charge in [-0.25, -0.2) is 4.79 Å². The molecular weight excluding hydrogens is 420 g/mol. The first-order valence-corrected chi connectivity index (χ1v) is 10.7. The van der Waals surface area contributed by atoms with E-state index in [0.717, 1.165) is 17.7 Å². The molecule has 0 atom stereocenters. The molecule has 1 N–H and O–H groups in total. The second-order valence-corrected chi connectivity index (χ2v) is 7.59. The molecule has 7 nitrogen and oxygen atoms in total. The molecular formula is C26H24N2O5. The van der Waals surface area contributed by atoms with Crippen LogP contribution in [0.1, 0.15) is 28.8 Å². The number of hydrogen-bond acceptors (Lipinski definition) is 5. The Hall–Kier alpha value is -4.13. The molecule has 168 valence electrons. The van der Waals surface area contributed by atoms with E-state index < -0.39 is 18.5 Å². The van der Waals surface area contributed by atoms with Crippen molar-refractivity contribution in [3.05, 3.63) is 90.0 Å². The third-order valence-electron chi connectivity index (χ3n) is 5.19. The minimum Gasteiger partial charge on any atom is -0.488 e. The first kappa shape index (κ1) is 22.1. The zero-order valence-electron chi connectivity index (χ0n) is 18.0. The van der Waals surface area contributed by atoms with Gasteiger partial charge in [-0.05, 0) is 42.3 Å². The number of ether oxygens (including phenoxy) is 2. The molecule has 33 heavy (non-hydrogen) atoms. The predicted molar refractivity (Wildman–Crippen MR) is 124 cm³/mol. The summed E-state index contributed by atoms with van der Waals surface area (Å²) in [4.78, 5) is 38.6. The molecule has 7 heteroatoms. The van der Waals surface area contributed by atoms with Crippen molar-refractivity contribution >= 4 is 29.2 Å². The Balaban J connectivity index is 1.33. The average molecular weight is 444 g/mol. The van der Waals surface area contributed by atoms with Crippen LogP contribution in [-0.4, -0.2) is 30.9 Å². The number of nitrogens with one attached hydrogen (secondary N) is 1. The van der Waals surface area contributed by atoms with Crippen molar-refractivity contribution in [3.63, 3.8) is 0 Å². The third-order valence-corrected chi connectivity index (χ3v) is 5.19. The summed E-state index contributed by atoms with van der Waals surface area (Å²) in [5, 5.41) is 2.70. The molecule has 0 spiro atoms. The Bertz CT molecular complexity index is 1150. The number of anilines is 2. The van der Waals surface area contributed by atoms with Crippen LogP contribution in [0, 0.1) is 0 Å². The standard InChI is InChI=1S/C26H24N2O5/c29-24(27-20-10-6-11-21(16-20)28-15-7-14-25(28)30)18-33-26(31)22-12-4-5-13-23(22)32-17-19-8-2-1-3-9-19/h1-6,8-13,16H,7,14-15,17-18H2,(H,27,29). The Kier molecular flexibility index (Phi) is 6.99. The van der Waals surface area contributed by atoms with Crippen LogP contribution in [0.15, 0.2) is 78.9 Å². The number of benzene rings is 3. The third kappa shape index (κ3) is 5.77. The number of hydrogen-bond donors (Lipinski definition) is 1. The van der Waals surface area contributed by atoms with E-state index in [1.165, 1.54) is 0 Å². The molecule has 0 aliphatic carbocycles. The Morgan fingerprint density at radius 2 is 1.73 bits per heavy atom. The second kappa shape index (κ2) is 10.5. The summed E-state index contributed by atoms with van der Waals surface area (Å²) in [6, 6.07) is 23.4. The minimum atomic E-state index is -0.648. The van der Waals surface area contributed by atoms with Crippen LogP contribution >= 0.6 is 0 Å². The van der Waals surface area contributed by atoms with Gasteiger partial charge in [-0.3, -0.25) is 9.59 Å². The van der Waals surface area contributed by atoms with Gasteiger partial charge >= 0.3 is 5.97 Å². The van der Waals surface area contributed by atoms with Crippen molar-refractivity contribution in [2.75, 3.05) is 23.4 Å². The molecule has 0 saturated carbocycles. The first-order valence-electron chi connectivity index (χ1n) is 10.7. The van der Waals surface area contributed by atoms with Crippen molar-refractivity contribution in [2.24, 2.45) is 0 Å². The van der Waals surface area contributed by atoms with E-state index in [9.17, 15) is 14.4 Å². The van der Waals surface area contributed by atoms with Crippen molar-refractivity contribution in [2.45, 2.75) is 19.4 Å². The molecule has 1 aliphatic heterocycles. The van der Waals surface area contributed by atoms with E-state index in [-0.39, 0.29) is 11.5 Å². The van der Waals surface area contributed by atoms with Crippen LogP contribution in [0.5, 0.6) is 5.75 Å². The topological polar surface area (TPSA) is 84.9 Å². The van der Waals surface area contributed by atoms with E-state index in [1.807, 2.05) is 36.4 Å². The fourth-order valence-electron chi connectivity index (χ4n) is 3.58. The fraction of sp³-hybridized carbons (Fsp3) is 0.192. The van der Waals surface area contributed by atoms with E-state index in [2.05, 4.69) is 5.32 Å². The molecule has 1 heterocycles. The van der Waals surface area contributed by atoms with E-state index in [0.29, 0.717) is 31.0 Å². The number of para-hydroxylation sites is 1. The molecule has 0 bridgehead atoms. The molecule has 0 unspecified atom stereocenters. The SMILES string of the molecule is O=C(COC(=O)c1ccccc1OCc1ccccc1)Nc1cccc(N2CCCC2=O)c1. The highest BCUT2D eigenvalue weighted by molar-refractivity contribution is 5.98. The summed E-state index contributed by atoms with van der Waals surface area (Å²) in [6.07, 6.45) is 1.35. The highest BCUT2D eigenvalue weighted by Crippen LogP contribution is 2.24. The van der Waals surface area contributed by atoms with Crippen LogP contribution in [0.3, 0.4) is 0 Å². The molecule has 2 amide bonds. The lowest BCUT2D eigenvalue weighted by molar-refractivity contribution is -0.119. The smallest absolute Gasteiger partial charge is 0.342 e. The van der Waals surface area contributed by atoms with Gasteiger partial charge in [-0.1, -0.05) is 48.5 Å². The summed E-state index contributed by atoms with van der Waals surface area (Å²) in [5.74, 6) is -0.670. The number of rotatable bonds is 8. The van der Waals surface area contributed by atoms with Gasteiger partial charge in [-0.2, -0.15) is 0 Å². The molecule has 1 aliphatic rings. The van der Waals surface area contributed by atoms with E-state index in [4.69, 9.17) is 9.47 Å². The van der Waals surface area contributed by atoms with Crippen LogP contribution in [0.2, 0.25) is 0 Å². The fourth-order valence-corrected chi connectivity index (χ4v) is 3.58. The maximum absolute atomic E-state index is 12.6. The summed E-state index contributed by atoms with van der Waals surface area (Å²) in [7, 11) is 0. The molecule has 0 radical (unpaired) electrons. The van der Waals surface area contributed by atoms with Gasteiger partial charge in [0, 0.05) is 24.3 Å². The molecule has 3 aromatic carbocycles. The zero-order valence-corrected chi connectivity index (χ0v) is 18.0. The molecule has 0 aromatic heterocycles. The average Bonchev–Trinajstić information content (AvgIpc) is 3.28. The summed E-state index contributed by atoms with van der Waals surface area (Å²) in [6.45, 7) is 0.528. The number of esters is 1. The quantitative estimate of drug-likeness (QED) is 0.527. The minimum absolute atomic E-state index is 0.0700. The van der Waals surface area contributed by atoms with Crippen LogP contribution in [-0.2, 0) is 20.9 Å². The lowest BCUT2D eigenvalue weighted by Crippen LogP contribution is -2.24. The van der Waals surface area contributed by atoms with Gasteiger partial charge in [0.25, 0.3) is 5.91 Å². The highest BCUT2D eigenvalue weighted by atomic mass is 16.5. The Labute approximate surface area is 191 Å². The lowest BCUT2D eigenvalue weighted by Gasteiger charge is -2.16. The lowest BCUT2D eigenvalue weighted by atomic mass is 10.2. The van der Waals surface area contributed by atoms with Gasteiger partial charge < -0.3 is 19.7 Å². The largest absolute Gasteiger partial charge is 0.488 e. The van der Waals surface area contributed by atoms with Crippen LogP contribution in [0.25, 0.3) is 0 Å². The highest BCUT2D eigenvalue weighted by Gasteiger charge is 2.22. The number of carbonyl (C=O) groups excluding carboxylic acids is 3. The number of amides is 2. The van der Waals surface area contributed by atoms with Gasteiger partial charge in [0.05, 0.1) is 0 Å². The Morgan fingerprint density at radius 3 is 2.52 bits per heavy atom. The van der Waals surface area contributed by atoms with Crippen molar-refractivity contribution in [3.8, 4) is 5.75 Å². The van der Waals surface area contributed by atoms with E-state index in [1.54, 1.807) is 47.4 Å². The van der Waals surface area contributed by atoms with E-state index >= 15 is 0 Å². The van der Waals surface area contributed by atoms with Crippen LogP contribution < -0.4 is 15.0 Å². The van der Waals surface area contributed by atoms with Gasteiger partial charge in [-0.15, -0.1) is 0 Å². The van der Waals surface area contributed by atoms with Gasteiger partial charge in [0.2, 0.25) is 5.91 Å². The molecule has 3 aromatic rings. The Morgan fingerprint density at radius 1 is 0.939 bits per heavy atom. The van der Waals surface area contributed by atoms with Crippen molar-refractivity contribution < 1.29 is 23.9 Å². The van der Waals surface area contributed by atoms with Crippen LogP contribution in [0.4, 0.5) is 11.4 Å². The summed E-state index contributed by atoms with van der Waals surface area (Å²) < 4.78 is 11.0. The maximum atomic E-state index is 12.6. The first-order chi connectivity index (χ1) is 16.1. The van der Waals surface area contributed by atoms with Crippen molar-refractivity contribution in [1.82, 2.24) is 0 Å². The number of carbonyl (C=O) groups is 3. The molecule has 1 saturated heterocycles. The molecule has 1 fully saturated rings. The second-order valence-electron chi connectivity index (χ2n) is 7.59. The van der Waals surface area contributed by atoms with Gasteiger partial charge in [0.15, 0.2) is 6.61 Å². The van der Waals surface area contributed by atoms with Gasteiger partial charge in [0.1, 0.15) is 17.9 Å². The molecule has 4 rings (SSSR count). The zero-order chi connectivity index (χ0) is 23.0. The summed E-state index contributed by atoms with van der Waals surface area (Å²) in [5.41, 5.74) is 2.48. The normalized spacial score (nSPS) is 13.0. The monoisotopic (exact) mass is 444 g/mol. The number of nitrogens with zero attached hydrogens (tertiary/aromatic N) is 1.